The van der Waals surface area contributed by atoms with Crippen LogP contribution in [0.15, 0.2) is 24.3 Å². The van der Waals surface area contributed by atoms with Crippen LogP contribution in [0.3, 0.4) is 0 Å². The number of aromatic nitrogens is 1. The van der Waals surface area contributed by atoms with Crippen LogP contribution in [-0.4, -0.2) is 55.0 Å². The lowest BCUT2D eigenvalue weighted by molar-refractivity contribution is 0.0712. The summed E-state index contributed by atoms with van der Waals surface area (Å²) >= 11 is 1.44. The zero-order chi connectivity index (χ0) is 20.8. The Morgan fingerprint density at radius 2 is 2.10 bits per heavy atom. The summed E-state index contributed by atoms with van der Waals surface area (Å²) in [5, 5.41) is 3.85. The van der Waals surface area contributed by atoms with Gasteiger partial charge in [0.05, 0.1) is 10.7 Å². The van der Waals surface area contributed by atoms with Gasteiger partial charge in [-0.1, -0.05) is 6.07 Å². The second-order valence-electron chi connectivity index (χ2n) is 7.15. The lowest BCUT2D eigenvalue weighted by atomic mass is 9.97. The summed E-state index contributed by atoms with van der Waals surface area (Å²) in [5.41, 5.74) is 1.12. The lowest BCUT2D eigenvalue weighted by Gasteiger charge is -2.31. The van der Waals surface area contributed by atoms with E-state index in [0.717, 1.165) is 30.0 Å². The number of piperidine rings is 1. The van der Waals surface area contributed by atoms with E-state index in [9.17, 15) is 14.0 Å². The van der Waals surface area contributed by atoms with E-state index in [-0.39, 0.29) is 17.7 Å². The molecule has 8 heteroatoms. The number of amides is 2. The molecule has 0 aliphatic carbocycles. The molecule has 1 saturated heterocycles. The summed E-state index contributed by atoms with van der Waals surface area (Å²) < 4.78 is 18.4. The molecule has 0 radical (unpaired) electrons. The first-order valence-corrected chi connectivity index (χ1v) is 10.6. The van der Waals surface area contributed by atoms with Gasteiger partial charge in [-0.2, -0.15) is 0 Å². The maximum Gasteiger partial charge on any atom is 0.263 e. The van der Waals surface area contributed by atoms with Gasteiger partial charge < -0.3 is 15.0 Å². The number of ether oxygens (including phenoxy) is 1. The molecule has 2 amide bonds. The molecule has 0 saturated carbocycles. The maximum atomic E-state index is 13.4. The summed E-state index contributed by atoms with van der Waals surface area (Å²) in [5.74, 6) is -0.419. The third kappa shape index (κ3) is 5.39. The number of hydrogen-bond donors (Lipinski definition) is 1. The lowest BCUT2D eigenvalue weighted by Crippen LogP contribution is -2.37. The van der Waals surface area contributed by atoms with E-state index in [1.165, 1.54) is 23.5 Å². The van der Waals surface area contributed by atoms with E-state index in [4.69, 9.17) is 4.74 Å². The van der Waals surface area contributed by atoms with E-state index in [0.29, 0.717) is 36.7 Å². The third-order valence-electron chi connectivity index (χ3n) is 5.03. The van der Waals surface area contributed by atoms with Gasteiger partial charge in [0.15, 0.2) is 0 Å². The SMILES string of the molecule is COCCCNC(=O)c1sc(C2CCN(C(=O)c3cccc(F)c3)CC2)nc1C. The summed E-state index contributed by atoms with van der Waals surface area (Å²) in [6.45, 7) is 4.22. The second-order valence-corrected chi connectivity index (χ2v) is 8.18. The van der Waals surface area contributed by atoms with Crippen LogP contribution in [0.2, 0.25) is 0 Å². The van der Waals surface area contributed by atoms with Crippen LogP contribution in [0.5, 0.6) is 0 Å². The van der Waals surface area contributed by atoms with Gasteiger partial charge in [-0.3, -0.25) is 9.59 Å². The molecule has 1 aliphatic heterocycles. The molecule has 2 heterocycles. The largest absolute Gasteiger partial charge is 0.385 e. The number of hydrogen-bond acceptors (Lipinski definition) is 5. The molecule has 0 spiro atoms. The summed E-state index contributed by atoms with van der Waals surface area (Å²) in [4.78, 5) is 32.0. The molecule has 1 fully saturated rings. The van der Waals surface area contributed by atoms with Crippen molar-refractivity contribution in [2.75, 3.05) is 33.4 Å². The van der Waals surface area contributed by atoms with Gasteiger partial charge in [0.1, 0.15) is 10.7 Å². The second kappa shape index (κ2) is 9.93. The summed E-state index contributed by atoms with van der Waals surface area (Å²) in [6, 6.07) is 5.80. The Morgan fingerprint density at radius 3 is 2.79 bits per heavy atom. The van der Waals surface area contributed by atoms with Crippen LogP contribution in [0.4, 0.5) is 4.39 Å². The molecule has 29 heavy (non-hydrogen) atoms. The fraction of sp³-hybridized carbons (Fsp3) is 0.476. The molecular formula is C21H26FN3O3S. The molecule has 2 aromatic rings. The average molecular weight is 420 g/mol. The van der Waals surface area contributed by atoms with Crippen LogP contribution < -0.4 is 5.32 Å². The highest BCUT2D eigenvalue weighted by molar-refractivity contribution is 7.13. The van der Waals surface area contributed by atoms with Gasteiger partial charge in [0.2, 0.25) is 0 Å². The Kier molecular flexibility index (Phi) is 7.33. The zero-order valence-corrected chi connectivity index (χ0v) is 17.6. The van der Waals surface area contributed by atoms with Crippen molar-refractivity contribution < 1.29 is 18.7 Å². The van der Waals surface area contributed by atoms with E-state index in [1.54, 1.807) is 24.1 Å². The minimum absolute atomic E-state index is 0.0962. The molecule has 3 rings (SSSR count). The van der Waals surface area contributed by atoms with E-state index < -0.39 is 5.82 Å². The monoisotopic (exact) mass is 419 g/mol. The highest BCUT2D eigenvalue weighted by atomic mass is 32.1. The van der Waals surface area contributed by atoms with Crippen molar-refractivity contribution in [3.8, 4) is 0 Å². The molecule has 0 atom stereocenters. The molecule has 6 nitrogen and oxygen atoms in total. The van der Waals surface area contributed by atoms with Gasteiger partial charge in [0, 0.05) is 44.8 Å². The van der Waals surface area contributed by atoms with Gasteiger partial charge in [0.25, 0.3) is 11.8 Å². The van der Waals surface area contributed by atoms with Crippen molar-refractivity contribution in [1.82, 2.24) is 15.2 Å². The predicted molar refractivity (Wildman–Crippen MR) is 110 cm³/mol. The maximum absolute atomic E-state index is 13.4. The van der Waals surface area contributed by atoms with Gasteiger partial charge in [-0.05, 0) is 44.4 Å². The number of thiazole rings is 1. The molecule has 1 aromatic heterocycles. The Morgan fingerprint density at radius 1 is 1.34 bits per heavy atom. The highest BCUT2D eigenvalue weighted by Gasteiger charge is 2.28. The molecule has 1 N–H and O–H groups in total. The number of likely N-dealkylation sites (tertiary alicyclic amines) is 1. The van der Waals surface area contributed by atoms with Crippen LogP contribution in [-0.2, 0) is 4.74 Å². The predicted octanol–water partition coefficient (Wildman–Crippen LogP) is 3.38. The van der Waals surface area contributed by atoms with Crippen LogP contribution in [0.25, 0.3) is 0 Å². The van der Waals surface area contributed by atoms with Crippen molar-refractivity contribution in [3.63, 3.8) is 0 Å². The van der Waals surface area contributed by atoms with Crippen molar-refractivity contribution in [1.29, 1.82) is 0 Å². The zero-order valence-electron chi connectivity index (χ0n) is 16.7. The normalized spacial score (nSPS) is 14.8. The Labute approximate surface area is 174 Å². The quantitative estimate of drug-likeness (QED) is 0.699. The van der Waals surface area contributed by atoms with E-state index in [2.05, 4.69) is 10.3 Å². The Bertz CT molecular complexity index is 863. The number of methoxy groups -OCH3 is 1. The number of aryl methyl sites for hydroxylation is 1. The third-order valence-corrected chi connectivity index (χ3v) is 6.35. The van der Waals surface area contributed by atoms with Crippen LogP contribution in [0, 0.1) is 12.7 Å². The fourth-order valence-corrected chi connectivity index (χ4v) is 4.59. The number of nitrogens with zero attached hydrogens (tertiary/aromatic N) is 2. The smallest absolute Gasteiger partial charge is 0.263 e. The van der Waals surface area contributed by atoms with Crippen LogP contribution >= 0.6 is 11.3 Å². The molecule has 156 valence electrons. The number of benzene rings is 1. The number of halogens is 1. The Hall–Kier alpha value is -2.32. The van der Waals surface area contributed by atoms with Crippen molar-refractivity contribution >= 4 is 23.2 Å². The first-order chi connectivity index (χ1) is 14.0. The van der Waals surface area contributed by atoms with Gasteiger partial charge in [-0.25, -0.2) is 9.37 Å². The number of carbonyl (C=O) groups is 2. The van der Waals surface area contributed by atoms with Crippen molar-refractivity contribution in [3.05, 3.63) is 51.2 Å². The number of nitrogens with one attached hydrogen (secondary N) is 1. The summed E-state index contributed by atoms with van der Waals surface area (Å²) in [6.07, 6.45) is 2.33. The molecule has 0 bridgehead atoms. The topological polar surface area (TPSA) is 71.5 Å². The van der Waals surface area contributed by atoms with Crippen molar-refractivity contribution in [2.45, 2.75) is 32.1 Å². The standard InChI is InChI=1S/C21H26FN3O3S/c1-14-18(19(26)23-9-4-12-28-2)29-20(24-14)15-7-10-25(11-8-15)21(27)16-5-3-6-17(22)13-16/h3,5-6,13,15H,4,7-12H2,1-2H3,(H,23,26). The van der Waals surface area contributed by atoms with E-state index in [1.807, 2.05) is 6.92 Å². The van der Waals surface area contributed by atoms with Crippen molar-refractivity contribution in [2.24, 2.45) is 0 Å². The first-order valence-electron chi connectivity index (χ1n) is 9.79. The van der Waals surface area contributed by atoms with Gasteiger partial charge >= 0.3 is 0 Å². The minimum atomic E-state index is -0.406. The molecule has 0 unspecified atom stereocenters. The van der Waals surface area contributed by atoms with E-state index >= 15 is 0 Å². The molecular weight excluding hydrogens is 393 g/mol. The molecule has 1 aromatic carbocycles. The highest BCUT2D eigenvalue weighted by Crippen LogP contribution is 2.33. The number of rotatable bonds is 7. The van der Waals surface area contributed by atoms with Crippen LogP contribution in [0.1, 0.15) is 55.9 Å². The molecule has 1 aliphatic rings. The minimum Gasteiger partial charge on any atom is -0.385 e. The summed E-state index contributed by atoms with van der Waals surface area (Å²) in [7, 11) is 1.64. The average Bonchev–Trinajstić information content (AvgIpc) is 3.12. The van der Waals surface area contributed by atoms with Gasteiger partial charge in [-0.15, -0.1) is 11.3 Å². The number of carbonyl (C=O) groups excluding carboxylic acids is 2. The first kappa shape index (κ1) is 21.4. The fourth-order valence-electron chi connectivity index (χ4n) is 3.43. The Balaban J connectivity index is 1.57.